The number of hydrogen-bond donors (Lipinski definition) is 0. The molecule has 0 amide bonds. The maximum Gasteiger partial charge on any atom is 0.414 e. The number of aromatic nitrogens is 3. The Morgan fingerprint density at radius 1 is 1.26 bits per heavy atom. The molecule has 0 aliphatic carbocycles. The van der Waals surface area contributed by atoms with E-state index >= 15 is 0 Å². The third-order valence-electron chi connectivity index (χ3n) is 4.20. The number of nitrogens with zero attached hydrogens (tertiary/aromatic N) is 4. The van der Waals surface area contributed by atoms with Gasteiger partial charge >= 0.3 is 11.8 Å². The van der Waals surface area contributed by atoms with Gasteiger partial charge in [-0.15, -0.1) is 0 Å². The van der Waals surface area contributed by atoms with Gasteiger partial charge in [0.15, 0.2) is 0 Å². The zero-order chi connectivity index (χ0) is 18.8. The van der Waals surface area contributed by atoms with Gasteiger partial charge in [-0.25, -0.2) is 9.37 Å². The molecule has 1 aliphatic rings. The Balaban J connectivity index is 1.36. The van der Waals surface area contributed by atoms with Crippen molar-refractivity contribution in [2.45, 2.75) is 6.54 Å². The van der Waals surface area contributed by atoms with E-state index in [4.69, 9.17) is 9.47 Å². The molecular weight excluding hydrogens is 355 g/mol. The van der Waals surface area contributed by atoms with E-state index in [1.165, 1.54) is 18.3 Å². The van der Waals surface area contributed by atoms with Crippen molar-refractivity contribution in [2.24, 2.45) is 5.92 Å². The average molecular weight is 370 g/mol. The zero-order valence-corrected chi connectivity index (χ0v) is 14.1. The molecule has 1 aromatic carbocycles. The molecule has 1 atom stereocenters. The summed E-state index contributed by atoms with van der Waals surface area (Å²) in [6.07, 6.45) is 3.02. The quantitative estimate of drug-likeness (QED) is 0.506. The molecule has 3 heterocycles. The molecule has 0 spiro atoms. The molecule has 0 bridgehead atoms. The van der Waals surface area contributed by atoms with Crippen LogP contribution in [0.3, 0.4) is 0 Å². The van der Waals surface area contributed by atoms with Crippen molar-refractivity contribution in [1.82, 2.24) is 14.5 Å². The van der Waals surface area contributed by atoms with Crippen LogP contribution in [-0.4, -0.2) is 32.7 Å². The highest BCUT2D eigenvalue weighted by Crippen LogP contribution is 2.25. The SMILES string of the molecule is O=[N+]([O-])c1cn2c(n1)OCC(COc1ccc(-c3ccc(F)cc3)cn1)C2. The summed E-state index contributed by atoms with van der Waals surface area (Å²) >= 11 is 0. The number of ether oxygens (including phenoxy) is 2. The van der Waals surface area contributed by atoms with Crippen molar-refractivity contribution >= 4 is 5.82 Å². The standard InChI is InChI=1S/C18H15FN4O4/c19-15-4-1-13(2-5-15)14-3-6-17(20-7-14)26-10-12-8-22-9-16(23(24)25)21-18(22)27-11-12/h1-7,9,12H,8,10-11H2. The highest BCUT2D eigenvalue weighted by atomic mass is 19.1. The van der Waals surface area contributed by atoms with Crippen LogP contribution in [-0.2, 0) is 6.54 Å². The lowest BCUT2D eigenvalue weighted by molar-refractivity contribution is -0.389. The molecule has 1 aliphatic heterocycles. The van der Waals surface area contributed by atoms with Gasteiger partial charge in [0.25, 0.3) is 0 Å². The summed E-state index contributed by atoms with van der Waals surface area (Å²) in [5.74, 6) is -0.0366. The number of nitro groups is 1. The van der Waals surface area contributed by atoms with Gasteiger partial charge in [-0.3, -0.25) is 4.57 Å². The molecule has 0 saturated carbocycles. The first-order chi connectivity index (χ1) is 13.1. The third-order valence-corrected chi connectivity index (χ3v) is 4.20. The van der Waals surface area contributed by atoms with E-state index in [-0.39, 0.29) is 23.6 Å². The second kappa shape index (κ2) is 7.02. The number of fused-ring (bicyclic) bond motifs is 1. The summed E-state index contributed by atoms with van der Waals surface area (Å²) in [6.45, 7) is 1.24. The molecule has 27 heavy (non-hydrogen) atoms. The van der Waals surface area contributed by atoms with Crippen molar-refractivity contribution in [3.63, 3.8) is 0 Å². The van der Waals surface area contributed by atoms with Crippen molar-refractivity contribution in [3.8, 4) is 23.0 Å². The van der Waals surface area contributed by atoms with Crippen LogP contribution in [0.2, 0.25) is 0 Å². The number of imidazole rings is 1. The fourth-order valence-corrected chi connectivity index (χ4v) is 2.83. The number of pyridine rings is 1. The van der Waals surface area contributed by atoms with Crippen LogP contribution in [0.15, 0.2) is 48.8 Å². The normalized spacial score (nSPS) is 15.7. The summed E-state index contributed by atoms with van der Waals surface area (Å²) in [6, 6.07) is 10.0. The van der Waals surface area contributed by atoms with Gasteiger partial charge in [0.05, 0.1) is 6.61 Å². The Kier molecular flexibility index (Phi) is 4.41. The van der Waals surface area contributed by atoms with Crippen LogP contribution in [0.4, 0.5) is 10.2 Å². The van der Waals surface area contributed by atoms with E-state index in [9.17, 15) is 14.5 Å². The van der Waals surface area contributed by atoms with Crippen molar-refractivity contribution in [3.05, 3.63) is 64.7 Å². The second-order valence-electron chi connectivity index (χ2n) is 6.17. The van der Waals surface area contributed by atoms with Crippen molar-refractivity contribution < 1.29 is 18.8 Å². The molecule has 8 nitrogen and oxygen atoms in total. The average Bonchev–Trinajstić information content (AvgIpc) is 3.11. The minimum Gasteiger partial charge on any atom is -0.477 e. The highest BCUT2D eigenvalue weighted by Gasteiger charge is 2.28. The van der Waals surface area contributed by atoms with Crippen LogP contribution in [0, 0.1) is 21.8 Å². The first-order valence-corrected chi connectivity index (χ1v) is 8.27. The van der Waals surface area contributed by atoms with Gasteiger partial charge < -0.3 is 19.6 Å². The Morgan fingerprint density at radius 2 is 2.04 bits per heavy atom. The van der Waals surface area contributed by atoms with Gasteiger partial charge in [-0.1, -0.05) is 12.1 Å². The molecule has 0 saturated heterocycles. The fraction of sp³-hybridized carbons (Fsp3) is 0.222. The van der Waals surface area contributed by atoms with E-state index in [0.717, 1.165) is 11.1 Å². The molecule has 4 rings (SSSR count). The first-order valence-electron chi connectivity index (χ1n) is 8.27. The summed E-state index contributed by atoms with van der Waals surface area (Å²) in [4.78, 5) is 18.3. The van der Waals surface area contributed by atoms with Crippen LogP contribution in [0.25, 0.3) is 11.1 Å². The Hall–Kier alpha value is -3.49. The molecule has 1 unspecified atom stereocenters. The monoisotopic (exact) mass is 370 g/mol. The lowest BCUT2D eigenvalue weighted by Crippen LogP contribution is -2.29. The molecular formula is C18H15FN4O4. The second-order valence-corrected chi connectivity index (χ2v) is 6.17. The summed E-state index contributed by atoms with van der Waals surface area (Å²) < 4.78 is 25.8. The van der Waals surface area contributed by atoms with E-state index < -0.39 is 4.92 Å². The number of benzene rings is 1. The molecule has 0 radical (unpaired) electrons. The van der Waals surface area contributed by atoms with E-state index in [2.05, 4.69) is 9.97 Å². The molecule has 0 N–H and O–H groups in total. The van der Waals surface area contributed by atoms with Crippen molar-refractivity contribution in [2.75, 3.05) is 13.2 Å². The Labute approximate surface area is 153 Å². The number of hydrogen-bond acceptors (Lipinski definition) is 6. The summed E-state index contributed by atoms with van der Waals surface area (Å²) in [5.41, 5.74) is 1.73. The minimum absolute atomic E-state index is 0.0184. The minimum atomic E-state index is -0.549. The predicted octanol–water partition coefficient (Wildman–Crippen LogP) is 3.08. The molecule has 0 fully saturated rings. The summed E-state index contributed by atoms with van der Waals surface area (Å²) in [7, 11) is 0. The molecule has 2 aromatic heterocycles. The lowest BCUT2D eigenvalue weighted by Gasteiger charge is -2.21. The predicted molar refractivity (Wildman–Crippen MR) is 93.0 cm³/mol. The number of halogens is 1. The van der Waals surface area contributed by atoms with E-state index in [1.807, 2.05) is 6.07 Å². The molecule has 138 valence electrons. The van der Waals surface area contributed by atoms with Gasteiger partial charge in [0.1, 0.15) is 18.6 Å². The van der Waals surface area contributed by atoms with Gasteiger partial charge in [-0.05, 0) is 28.7 Å². The van der Waals surface area contributed by atoms with Crippen LogP contribution >= 0.6 is 0 Å². The van der Waals surface area contributed by atoms with Crippen molar-refractivity contribution in [1.29, 1.82) is 0 Å². The van der Waals surface area contributed by atoms with Gasteiger partial charge in [0, 0.05) is 35.3 Å². The first kappa shape index (κ1) is 17.0. The van der Waals surface area contributed by atoms with E-state index in [0.29, 0.717) is 25.6 Å². The number of rotatable bonds is 5. The highest BCUT2D eigenvalue weighted by molar-refractivity contribution is 5.62. The van der Waals surface area contributed by atoms with Crippen LogP contribution in [0.1, 0.15) is 0 Å². The smallest absolute Gasteiger partial charge is 0.414 e. The van der Waals surface area contributed by atoms with E-state index in [1.54, 1.807) is 29.0 Å². The van der Waals surface area contributed by atoms with Gasteiger partial charge in [-0.2, -0.15) is 0 Å². The maximum atomic E-state index is 13.0. The Bertz CT molecular complexity index is 956. The lowest BCUT2D eigenvalue weighted by atomic mass is 10.1. The molecule has 9 heteroatoms. The largest absolute Gasteiger partial charge is 0.477 e. The molecule has 3 aromatic rings. The topological polar surface area (TPSA) is 92.3 Å². The van der Waals surface area contributed by atoms with Crippen LogP contribution in [0.5, 0.6) is 11.9 Å². The zero-order valence-electron chi connectivity index (χ0n) is 14.1. The summed E-state index contributed by atoms with van der Waals surface area (Å²) in [5, 5.41) is 10.8. The third kappa shape index (κ3) is 3.71. The van der Waals surface area contributed by atoms with Crippen LogP contribution < -0.4 is 9.47 Å². The van der Waals surface area contributed by atoms with Gasteiger partial charge in [0.2, 0.25) is 5.88 Å². The fourth-order valence-electron chi connectivity index (χ4n) is 2.83. The Morgan fingerprint density at radius 3 is 2.74 bits per heavy atom. The maximum absolute atomic E-state index is 13.0.